The van der Waals surface area contributed by atoms with Crippen LogP contribution < -0.4 is 9.64 Å². The van der Waals surface area contributed by atoms with Crippen LogP contribution in [0, 0.1) is 11.8 Å². The number of imide groups is 1. The summed E-state index contributed by atoms with van der Waals surface area (Å²) < 4.78 is 5.28. The molecule has 2 aliphatic heterocycles. The van der Waals surface area contributed by atoms with Gasteiger partial charge in [-0.2, -0.15) is 0 Å². The van der Waals surface area contributed by atoms with Crippen LogP contribution in [0.3, 0.4) is 0 Å². The summed E-state index contributed by atoms with van der Waals surface area (Å²) in [4.78, 5) is 43.1. The highest BCUT2D eigenvalue weighted by Crippen LogP contribution is 2.35. The zero-order valence-electron chi connectivity index (χ0n) is 16.8. The largest absolute Gasteiger partial charge is 0.497 e. The Morgan fingerprint density at radius 2 is 1.69 bits per heavy atom. The standard InChI is InChI=1S/C22H27N3O4/c1-29-17-6-4-5-16(15-17)23-11-13-24(14-12-23)20(26)9-10-25-21(27)18-7-2-3-8-19(18)22(25)28/h2-6,15,18-19H,7-14H2,1H3/t18-,19-/m1/s1. The maximum Gasteiger partial charge on any atom is 0.233 e. The van der Waals surface area contributed by atoms with E-state index in [1.165, 1.54) is 4.90 Å². The van der Waals surface area contributed by atoms with Crippen molar-refractivity contribution in [2.75, 3.05) is 44.7 Å². The number of carbonyl (C=O) groups excluding carboxylic acids is 3. The molecule has 1 aromatic carbocycles. The molecule has 0 bridgehead atoms. The number of benzene rings is 1. The van der Waals surface area contributed by atoms with Crippen LogP contribution in [0.4, 0.5) is 5.69 Å². The SMILES string of the molecule is COc1cccc(N2CCN(C(=O)CCN3C(=O)[C@@H]4CC=CC[C@H]4C3=O)CC2)c1. The summed E-state index contributed by atoms with van der Waals surface area (Å²) in [6.45, 7) is 2.95. The maximum absolute atomic E-state index is 12.7. The molecule has 0 aromatic heterocycles. The molecule has 3 aliphatic rings. The van der Waals surface area contributed by atoms with Gasteiger partial charge in [0, 0.05) is 50.9 Å². The van der Waals surface area contributed by atoms with Gasteiger partial charge in [-0.05, 0) is 25.0 Å². The van der Waals surface area contributed by atoms with E-state index in [-0.39, 0.29) is 42.5 Å². The molecule has 0 N–H and O–H groups in total. The van der Waals surface area contributed by atoms with Crippen LogP contribution in [0.15, 0.2) is 36.4 Å². The Balaban J connectivity index is 1.28. The highest BCUT2D eigenvalue weighted by Gasteiger charge is 2.47. The summed E-state index contributed by atoms with van der Waals surface area (Å²) in [5.74, 6) is 0.142. The summed E-state index contributed by atoms with van der Waals surface area (Å²) in [6, 6.07) is 7.91. The number of fused-ring (bicyclic) bond motifs is 1. The van der Waals surface area contributed by atoms with Crippen LogP contribution in [-0.4, -0.2) is 67.4 Å². The summed E-state index contributed by atoms with van der Waals surface area (Å²) in [7, 11) is 1.65. The number of nitrogens with zero attached hydrogens (tertiary/aromatic N) is 3. The van der Waals surface area contributed by atoms with Crippen LogP contribution in [0.5, 0.6) is 5.75 Å². The Bertz CT molecular complexity index is 803. The molecular weight excluding hydrogens is 370 g/mol. The average Bonchev–Trinajstić information content (AvgIpc) is 3.02. The fourth-order valence-electron chi connectivity index (χ4n) is 4.48. The number of ether oxygens (including phenoxy) is 1. The van der Waals surface area contributed by atoms with Gasteiger partial charge in [-0.1, -0.05) is 18.2 Å². The molecule has 0 spiro atoms. The van der Waals surface area contributed by atoms with Crippen molar-refractivity contribution in [2.24, 2.45) is 11.8 Å². The number of allylic oxidation sites excluding steroid dienone is 2. The van der Waals surface area contributed by atoms with Gasteiger partial charge in [0.05, 0.1) is 18.9 Å². The van der Waals surface area contributed by atoms with E-state index < -0.39 is 0 Å². The number of hydrogen-bond donors (Lipinski definition) is 0. The van der Waals surface area contributed by atoms with Gasteiger partial charge in [0.2, 0.25) is 17.7 Å². The first-order chi connectivity index (χ1) is 14.1. The summed E-state index contributed by atoms with van der Waals surface area (Å²) >= 11 is 0. The average molecular weight is 397 g/mol. The second-order valence-electron chi connectivity index (χ2n) is 7.80. The monoisotopic (exact) mass is 397 g/mol. The Hall–Kier alpha value is -2.83. The highest BCUT2D eigenvalue weighted by molar-refractivity contribution is 6.05. The minimum atomic E-state index is -0.228. The second kappa shape index (κ2) is 8.27. The van der Waals surface area contributed by atoms with Crippen molar-refractivity contribution in [3.05, 3.63) is 36.4 Å². The van der Waals surface area contributed by atoms with Gasteiger partial charge in [0.25, 0.3) is 0 Å². The number of piperazine rings is 1. The van der Waals surface area contributed by atoms with Gasteiger partial charge in [0.15, 0.2) is 0 Å². The summed E-state index contributed by atoms with van der Waals surface area (Å²) in [5.41, 5.74) is 1.08. The van der Waals surface area contributed by atoms with E-state index in [9.17, 15) is 14.4 Å². The molecule has 2 saturated heterocycles. The third kappa shape index (κ3) is 3.86. The molecule has 3 amide bonds. The van der Waals surface area contributed by atoms with Crippen molar-refractivity contribution < 1.29 is 19.1 Å². The zero-order valence-corrected chi connectivity index (χ0v) is 16.8. The van der Waals surface area contributed by atoms with E-state index in [2.05, 4.69) is 4.90 Å². The molecule has 0 unspecified atom stereocenters. The van der Waals surface area contributed by atoms with Crippen molar-refractivity contribution in [3.8, 4) is 5.75 Å². The number of amides is 3. The van der Waals surface area contributed by atoms with Crippen LogP contribution in [0.1, 0.15) is 19.3 Å². The first-order valence-electron chi connectivity index (χ1n) is 10.3. The van der Waals surface area contributed by atoms with Crippen LogP contribution >= 0.6 is 0 Å². The van der Waals surface area contributed by atoms with Crippen molar-refractivity contribution >= 4 is 23.4 Å². The fourth-order valence-corrected chi connectivity index (χ4v) is 4.48. The summed E-state index contributed by atoms with van der Waals surface area (Å²) in [6.07, 6.45) is 5.41. The third-order valence-electron chi connectivity index (χ3n) is 6.20. The molecule has 1 aromatic rings. The topological polar surface area (TPSA) is 70.2 Å². The molecule has 0 saturated carbocycles. The number of anilines is 1. The lowest BCUT2D eigenvalue weighted by molar-refractivity contribution is -0.140. The molecule has 0 radical (unpaired) electrons. The number of rotatable bonds is 5. The van der Waals surface area contributed by atoms with Crippen LogP contribution in [0.25, 0.3) is 0 Å². The van der Waals surface area contributed by atoms with Gasteiger partial charge in [0.1, 0.15) is 5.75 Å². The van der Waals surface area contributed by atoms with Crippen LogP contribution in [0.2, 0.25) is 0 Å². The molecule has 7 nitrogen and oxygen atoms in total. The van der Waals surface area contributed by atoms with Crippen molar-refractivity contribution in [1.82, 2.24) is 9.80 Å². The van der Waals surface area contributed by atoms with Gasteiger partial charge in [-0.25, -0.2) is 0 Å². The molecule has 29 heavy (non-hydrogen) atoms. The molecule has 2 fully saturated rings. The molecule has 7 heteroatoms. The van der Waals surface area contributed by atoms with E-state index in [1.807, 2.05) is 41.3 Å². The van der Waals surface area contributed by atoms with E-state index in [4.69, 9.17) is 4.74 Å². The minimum absolute atomic E-state index is 0.00360. The third-order valence-corrected chi connectivity index (χ3v) is 6.20. The van der Waals surface area contributed by atoms with Crippen molar-refractivity contribution in [2.45, 2.75) is 19.3 Å². The lowest BCUT2D eigenvalue weighted by Gasteiger charge is -2.36. The number of methoxy groups -OCH3 is 1. The molecule has 154 valence electrons. The number of likely N-dealkylation sites (tertiary alicyclic amines) is 1. The lowest BCUT2D eigenvalue weighted by Crippen LogP contribution is -2.49. The number of hydrogen-bond acceptors (Lipinski definition) is 5. The molecule has 4 rings (SSSR count). The first kappa shape index (κ1) is 19.5. The van der Waals surface area contributed by atoms with Gasteiger partial charge >= 0.3 is 0 Å². The van der Waals surface area contributed by atoms with Crippen molar-refractivity contribution in [1.29, 1.82) is 0 Å². The Morgan fingerprint density at radius 3 is 2.31 bits per heavy atom. The first-order valence-corrected chi connectivity index (χ1v) is 10.3. The normalized spacial score (nSPS) is 24.1. The molecule has 1 aliphatic carbocycles. The van der Waals surface area contributed by atoms with E-state index >= 15 is 0 Å². The lowest BCUT2D eigenvalue weighted by atomic mass is 9.85. The Kier molecular flexibility index (Phi) is 5.56. The zero-order chi connectivity index (χ0) is 20.4. The van der Waals surface area contributed by atoms with Crippen LogP contribution in [-0.2, 0) is 14.4 Å². The predicted molar refractivity (Wildman–Crippen MR) is 108 cm³/mol. The quantitative estimate of drug-likeness (QED) is 0.559. The predicted octanol–water partition coefficient (Wildman–Crippen LogP) is 1.69. The highest BCUT2D eigenvalue weighted by atomic mass is 16.5. The fraction of sp³-hybridized carbons (Fsp3) is 0.500. The summed E-state index contributed by atoms with van der Waals surface area (Å²) in [5, 5.41) is 0. The minimum Gasteiger partial charge on any atom is -0.497 e. The van der Waals surface area contributed by atoms with E-state index in [1.54, 1.807) is 7.11 Å². The smallest absolute Gasteiger partial charge is 0.233 e. The molecular formula is C22H27N3O4. The second-order valence-corrected chi connectivity index (χ2v) is 7.80. The Morgan fingerprint density at radius 1 is 1.03 bits per heavy atom. The van der Waals surface area contributed by atoms with E-state index in [0.29, 0.717) is 25.9 Å². The van der Waals surface area contributed by atoms with E-state index in [0.717, 1.165) is 24.5 Å². The maximum atomic E-state index is 12.7. The van der Waals surface area contributed by atoms with Crippen molar-refractivity contribution in [3.63, 3.8) is 0 Å². The number of carbonyl (C=O) groups is 3. The van der Waals surface area contributed by atoms with Gasteiger partial charge in [-0.15, -0.1) is 0 Å². The molecule has 2 atom stereocenters. The Labute approximate surface area is 170 Å². The van der Waals surface area contributed by atoms with Gasteiger partial charge < -0.3 is 14.5 Å². The van der Waals surface area contributed by atoms with Gasteiger partial charge in [-0.3, -0.25) is 19.3 Å². The molecule has 2 heterocycles.